The van der Waals surface area contributed by atoms with E-state index in [1.165, 1.54) is 12.8 Å². The van der Waals surface area contributed by atoms with Gasteiger partial charge in [-0.2, -0.15) is 0 Å². The second-order valence-corrected chi connectivity index (χ2v) is 9.88. The SMILES string of the molecule is O=C(NC12CCC(CC1)C2)N1CC(OC(c2ccc(Cl)cc2)c2ccc(Cl)cc2)C1. The van der Waals surface area contributed by atoms with Gasteiger partial charge < -0.3 is 15.0 Å². The Morgan fingerprint density at radius 3 is 1.97 bits per heavy atom. The van der Waals surface area contributed by atoms with Gasteiger partial charge in [-0.3, -0.25) is 0 Å². The standard InChI is InChI=1S/C24H26Cl2N2O2/c25-19-5-1-17(2-6-19)22(18-3-7-20(26)8-4-18)30-21-14-28(15-21)23(29)27-24-11-9-16(13-24)10-12-24/h1-8,16,21-22H,9-15H2,(H,27,29). The van der Waals surface area contributed by atoms with Crippen LogP contribution in [0.1, 0.15) is 49.3 Å². The minimum Gasteiger partial charge on any atom is -0.362 e. The van der Waals surface area contributed by atoms with E-state index in [-0.39, 0.29) is 23.8 Å². The van der Waals surface area contributed by atoms with E-state index in [2.05, 4.69) is 5.32 Å². The molecule has 1 saturated heterocycles. The van der Waals surface area contributed by atoms with Crippen molar-refractivity contribution in [1.29, 1.82) is 0 Å². The molecule has 2 amide bonds. The Hall–Kier alpha value is -1.75. The minimum atomic E-state index is -0.223. The van der Waals surface area contributed by atoms with Gasteiger partial charge in [0, 0.05) is 15.6 Å². The van der Waals surface area contributed by atoms with Crippen LogP contribution in [0.15, 0.2) is 48.5 Å². The second-order valence-electron chi connectivity index (χ2n) is 9.00. The van der Waals surface area contributed by atoms with Gasteiger partial charge in [0.1, 0.15) is 6.10 Å². The molecular weight excluding hydrogens is 419 g/mol. The number of hydrogen-bond donors (Lipinski definition) is 1. The number of hydrogen-bond acceptors (Lipinski definition) is 2. The molecule has 0 atom stereocenters. The van der Waals surface area contributed by atoms with Crippen molar-refractivity contribution in [3.8, 4) is 0 Å². The summed E-state index contributed by atoms with van der Waals surface area (Å²) in [5.74, 6) is 0.817. The van der Waals surface area contributed by atoms with Crippen LogP contribution in [0.25, 0.3) is 0 Å². The van der Waals surface area contributed by atoms with E-state index in [0.29, 0.717) is 23.1 Å². The largest absolute Gasteiger partial charge is 0.362 e. The van der Waals surface area contributed by atoms with E-state index >= 15 is 0 Å². The number of rotatable bonds is 5. The molecule has 1 aliphatic heterocycles. The van der Waals surface area contributed by atoms with Gasteiger partial charge in [-0.15, -0.1) is 0 Å². The number of fused-ring (bicyclic) bond motifs is 2. The zero-order valence-electron chi connectivity index (χ0n) is 16.8. The van der Waals surface area contributed by atoms with Crippen molar-refractivity contribution in [1.82, 2.24) is 10.2 Å². The fourth-order valence-corrected chi connectivity index (χ4v) is 5.43. The van der Waals surface area contributed by atoms with Gasteiger partial charge >= 0.3 is 6.03 Å². The summed E-state index contributed by atoms with van der Waals surface area (Å²) in [6.07, 6.45) is 5.72. The van der Waals surface area contributed by atoms with Crippen molar-refractivity contribution >= 4 is 29.2 Å². The van der Waals surface area contributed by atoms with Crippen molar-refractivity contribution in [3.05, 3.63) is 69.7 Å². The molecule has 6 heteroatoms. The number of amides is 2. The number of nitrogens with one attached hydrogen (secondary N) is 1. The zero-order valence-corrected chi connectivity index (χ0v) is 18.3. The summed E-state index contributed by atoms with van der Waals surface area (Å²) < 4.78 is 6.44. The van der Waals surface area contributed by atoms with Crippen LogP contribution < -0.4 is 5.32 Å². The highest BCUT2D eigenvalue weighted by Gasteiger charge is 2.47. The molecule has 2 saturated carbocycles. The first-order valence-corrected chi connectivity index (χ1v) is 11.5. The van der Waals surface area contributed by atoms with E-state index in [4.69, 9.17) is 27.9 Å². The molecule has 0 unspecified atom stereocenters. The van der Waals surface area contributed by atoms with Crippen LogP contribution in [-0.4, -0.2) is 35.7 Å². The van der Waals surface area contributed by atoms with Crippen molar-refractivity contribution in [2.75, 3.05) is 13.1 Å². The lowest BCUT2D eigenvalue weighted by Gasteiger charge is -2.42. The highest BCUT2D eigenvalue weighted by molar-refractivity contribution is 6.30. The predicted octanol–water partition coefficient (Wildman–Crippen LogP) is 5.83. The van der Waals surface area contributed by atoms with Crippen LogP contribution in [0, 0.1) is 5.92 Å². The lowest BCUT2D eigenvalue weighted by atomic mass is 9.94. The molecule has 1 heterocycles. The van der Waals surface area contributed by atoms with Crippen LogP contribution in [0.2, 0.25) is 10.0 Å². The molecule has 0 aromatic heterocycles. The first kappa shape index (κ1) is 20.2. The Kier molecular flexibility index (Phi) is 5.42. The summed E-state index contributed by atoms with van der Waals surface area (Å²) >= 11 is 12.1. The average molecular weight is 445 g/mol. The fourth-order valence-electron chi connectivity index (χ4n) is 5.18. The molecule has 158 valence electrons. The maximum absolute atomic E-state index is 12.7. The van der Waals surface area contributed by atoms with Crippen LogP contribution in [0.3, 0.4) is 0 Å². The zero-order chi connectivity index (χ0) is 20.7. The first-order valence-electron chi connectivity index (χ1n) is 10.7. The number of likely N-dealkylation sites (tertiary alicyclic amines) is 1. The third kappa shape index (κ3) is 4.05. The monoisotopic (exact) mass is 444 g/mol. The number of carbonyl (C=O) groups is 1. The molecule has 2 aromatic rings. The van der Waals surface area contributed by atoms with Gasteiger partial charge in [0.2, 0.25) is 0 Å². The van der Waals surface area contributed by atoms with E-state index in [9.17, 15) is 4.79 Å². The highest BCUT2D eigenvalue weighted by Crippen LogP contribution is 2.47. The number of carbonyl (C=O) groups excluding carboxylic acids is 1. The number of nitrogens with zero attached hydrogens (tertiary/aromatic N) is 1. The maximum atomic E-state index is 12.7. The summed E-state index contributed by atoms with van der Waals surface area (Å²) in [5, 5.41) is 4.73. The van der Waals surface area contributed by atoms with Gasteiger partial charge in [0.05, 0.1) is 19.2 Å². The van der Waals surface area contributed by atoms with Crippen molar-refractivity contribution in [2.24, 2.45) is 5.92 Å². The summed E-state index contributed by atoms with van der Waals surface area (Å²) in [6, 6.07) is 15.5. The van der Waals surface area contributed by atoms with Crippen molar-refractivity contribution in [2.45, 2.75) is 49.9 Å². The molecule has 2 bridgehead atoms. The lowest BCUT2D eigenvalue weighted by Crippen LogP contribution is -2.61. The molecule has 2 aromatic carbocycles. The predicted molar refractivity (Wildman–Crippen MR) is 119 cm³/mol. The van der Waals surface area contributed by atoms with Gasteiger partial charge in [-0.1, -0.05) is 47.5 Å². The second kappa shape index (κ2) is 8.07. The third-order valence-electron chi connectivity index (χ3n) is 6.92. The summed E-state index contributed by atoms with van der Waals surface area (Å²) in [5.41, 5.74) is 2.13. The Balaban J connectivity index is 1.23. The average Bonchev–Trinajstić information content (AvgIpc) is 3.29. The summed E-state index contributed by atoms with van der Waals surface area (Å²) in [7, 11) is 0. The topological polar surface area (TPSA) is 41.6 Å². The van der Waals surface area contributed by atoms with Gasteiger partial charge in [0.25, 0.3) is 0 Å². The Labute approximate surface area is 187 Å². The maximum Gasteiger partial charge on any atom is 0.318 e. The Morgan fingerprint density at radius 2 is 1.50 bits per heavy atom. The first-order chi connectivity index (χ1) is 14.5. The van der Waals surface area contributed by atoms with Crippen molar-refractivity contribution < 1.29 is 9.53 Å². The molecule has 4 nitrogen and oxygen atoms in total. The summed E-state index contributed by atoms with van der Waals surface area (Å²) in [6.45, 7) is 1.23. The van der Waals surface area contributed by atoms with Crippen LogP contribution >= 0.6 is 23.2 Å². The van der Waals surface area contributed by atoms with Crippen LogP contribution in [-0.2, 0) is 4.74 Å². The lowest BCUT2D eigenvalue weighted by molar-refractivity contribution is -0.0653. The van der Waals surface area contributed by atoms with Crippen LogP contribution in [0.4, 0.5) is 4.79 Å². The van der Waals surface area contributed by atoms with Crippen molar-refractivity contribution in [3.63, 3.8) is 0 Å². The Bertz CT molecular complexity index is 856. The molecule has 0 spiro atoms. The third-order valence-corrected chi connectivity index (χ3v) is 7.43. The molecule has 30 heavy (non-hydrogen) atoms. The summed E-state index contributed by atoms with van der Waals surface area (Å²) in [4.78, 5) is 14.6. The minimum absolute atomic E-state index is 0.00418. The van der Waals surface area contributed by atoms with Gasteiger partial charge in [-0.05, 0) is 73.4 Å². The molecule has 2 aliphatic carbocycles. The molecule has 3 aliphatic rings. The quantitative estimate of drug-likeness (QED) is 0.630. The molecule has 5 rings (SSSR count). The van der Waals surface area contributed by atoms with Crippen LogP contribution in [0.5, 0.6) is 0 Å². The van der Waals surface area contributed by atoms with E-state index < -0.39 is 0 Å². The smallest absolute Gasteiger partial charge is 0.318 e. The highest BCUT2D eigenvalue weighted by atomic mass is 35.5. The van der Waals surface area contributed by atoms with E-state index in [1.807, 2.05) is 53.4 Å². The molecule has 1 N–H and O–H groups in total. The van der Waals surface area contributed by atoms with Gasteiger partial charge in [-0.25, -0.2) is 4.79 Å². The Morgan fingerprint density at radius 1 is 0.967 bits per heavy atom. The normalized spacial score (nSPS) is 25.6. The molecule has 3 fully saturated rings. The van der Waals surface area contributed by atoms with Gasteiger partial charge in [0.15, 0.2) is 0 Å². The number of urea groups is 1. The number of benzene rings is 2. The molecular formula is C24H26Cl2N2O2. The fraction of sp³-hybridized carbons (Fsp3) is 0.458. The molecule has 0 radical (unpaired) electrons. The number of ether oxygens (including phenoxy) is 1. The number of halogens is 2. The van der Waals surface area contributed by atoms with E-state index in [0.717, 1.165) is 36.3 Å². The van der Waals surface area contributed by atoms with E-state index in [1.54, 1.807) is 0 Å².